The van der Waals surface area contributed by atoms with E-state index in [9.17, 15) is 0 Å². The molecule has 0 amide bonds. The average Bonchev–Trinajstić information content (AvgIpc) is 3.06. The zero-order valence-corrected chi connectivity index (χ0v) is 15.8. The van der Waals surface area contributed by atoms with Gasteiger partial charge in [0.2, 0.25) is 5.88 Å². The molecular weight excluding hydrogens is 314 g/mol. The quantitative estimate of drug-likeness (QED) is 0.833. The first kappa shape index (κ1) is 17.6. The van der Waals surface area contributed by atoms with E-state index in [0.29, 0.717) is 11.9 Å². The zero-order valence-electron chi connectivity index (χ0n) is 15.8. The number of likely N-dealkylation sites (tertiary alicyclic amines) is 1. The lowest BCUT2D eigenvalue weighted by Gasteiger charge is -2.25. The van der Waals surface area contributed by atoms with Crippen LogP contribution in [0.5, 0.6) is 5.88 Å². The van der Waals surface area contributed by atoms with E-state index in [-0.39, 0.29) is 0 Å². The van der Waals surface area contributed by atoms with Gasteiger partial charge in [-0.2, -0.15) is 5.10 Å². The summed E-state index contributed by atoms with van der Waals surface area (Å²) in [4.78, 5) is 9.00. The molecule has 0 bridgehead atoms. The lowest BCUT2D eigenvalue weighted by molar-refractivity contribution is 0.242. The first-order chi connectivity index (χ1) is 12.0. The minimum Gasteiger partial charge on any atom is -0.481 e. The summed E-state index contributed by atoms with van der Waals surface area (Å²) in [5.74, 6) is 1.57. The van der Waals surface area contributed by atoms with Crippen LogP contribution in [0.1, 0.15) is 41.4 Å². The average molecular weight is 341 g/mol. The molecule has 1 fully saturated rings. The molecule has 0 aromatic carbocycles. The smallest absolute Gasteiger partial charge is 0.213 e. The monoisotopic (exact) mass is 341 g/mol. The molecular formula is C19H27N5O. The van der Waals surface area contributed by atoms with Crippen molar-refractivity contribution in [3.8, 4) is 5.88 Å². The maximum Gasteiger partial charge on any atom is 0.213 e. The standard InChI is InChI=1S/C19H27N5O/c1-13-11-19(25-5)20-14(2)15(13)12-24-10-6-7-17(24)16-8-9-18(22-21-16)23(3)4/h8-9,11,17H,6-7,10,12H2,1-5H3. The molecule has 0 saturated carbocycles. The SMILES string of the molecule is COc1cc(C)c(CN2CCCC2c2ccc(N(C)C)nn2)c(C)n1. The van der Waals surface area contributed by atoms with E-state index in [1.54, 1.807) is 7.11 Å². The van der Waals surface area contributed by atoms with Crippen LogP contribution in [0.4, 0.5) is 5.82 Å². The van der Waals surface area contributed by atoms with Crippen LogP contribution in [-0.2, 0) is 6.54 Å². The van der Waals surface area contributed by atoms with Crippen molar-refractivity contribution < 1.29 is 4.74 Å². The number of anilines is 1. The van der Waals surface area contributed by atoms with Crippen molar-refractivity contribution in [2.75, 3.05) is 32.6 Å². The van der Waals surface area contributed by atoms with Crippen molar-refractivity contribution in [2.24, 2.45) is 0 Å². The molecule has 25 heavy (non-hydrogen) atoms. The van der Waals surface area contributed by atoms with Gasteiger partial charge in [0.25, 0.3) is 0 Å². The van der Waals surface area contributed by atoms with Crippen molar-refractivity contribution in [1.29, 1.82) is 0 Å². The minimum atomic E-state index is 0.324. The van der Waals surface area contributed by atoms with Crippen LogP contribution in [-0.4, -0.2) is 47.8 Å². The first-order valence-electron chi connectivity index (χ1n) is 8.75. The molecule has 1 unspecified atom stereocenters. The molecule has 0 spiro atoms. The predicted molar refractivity (Wildman–Crippen MR) is 99.0 cm³/mol. The summed E-state index contributed by atoms with van der Waals surface area (Å²) < 4.78 is 5.27. The number of rotatable bonds is 5. The third-order valence-electron chi connectivity index (χ3n) is 4.94. The highest BCUT2D eigenvalue weighted by atomic mass is 16.5. The predicted octanol–water partition coefficient (Wildman–Crippen LogP) is 2.90. The van der Waals surface area contributed by atoms with E-state index in [2.05, 4.69) is 40.0 Å². The highest BCUT2D eigenvalue weighted by molar-refractivity contribution is 5.36. The Balaban J connectivity index is 1.80. The van der Waals surface area contributed by atoms with Gasteiger partial charge in [0.05, 0.1) is 18.8 Å². The number of methoxy groups -OCH3 is 1. The Labute approximate surface area is 149 Å². The van der Waals surface area contributed by atoms with Gasteiger partial charge in [-0.1, -0.05) is 0 Å². The van der Waals surface area contributed by atoms with Crippen LogP contribution in [0.3, 0.4) is 0 Å². The molecule has 134 valence electrons. The van der Waals surface area contributed by atoms with Crippen LogP contribution in [0.15, 0.2) is 18.2 Å². The van der Waals surface area contributed by atoms with Gasteiger partial charge in [0, 0.05) is 32.4 Å². The van der Waals surface area contributed by atoms with Gasteiger partial charge < -0.3 is 9.64 Å². The summed E-state index contributed by atoms with van der Waals surface area (Å²) in [7, 11) is 5.62. The highest BCUT2D eigenvalue weighted by Gasteiger charge is 2.28. The van der Waals surface area contributed by atoms with E-state index >= 15 is 0 Å². The maximum absolute atomic E-state index is 5.27. The Morgan fingerprint density at radius 2 is 2.04 bits per heavy atom. The molecule has 1 aliphatic rings. The minimum absolute atomic E-state index is 0.324. The van der Waals surface area contributed by atoms with E-state index in [1.807, 2.05) is 31.1 Å². The number of aromatic nitrogens is 3. The second-order valence-corrected chi connectivity index (χ2v) is 6.88. The second kappa shape index (κ2) is 7.35. The number of nitrogens with zero attached hydrogens (tertiary/aromatic N) is 5. The van der Waals surface area contributed by atoms with E-state index in [0.717, 1.165) is 36.7 Å². The maximum atomic E-state index is 5.27. The van der Waals surface area contributed by atoms with Crippen molar-refractivity contribution in [3.05, 3.63) is 40.7 Å². The number of hydrogen-bond acceptors (Lipinski definition) is 6. The highest BCUT2D eigenvalue weighted by Crippen LogP contribution is 2.33. The summed E-state index contributed by atoms with van der Waals surface area (Å²) in [5, 5.41) is 8.82. The molecule has 1 aliphatic heterocycles. The van der Waals surface area contributed by atoms with Gasteiger partial charge in [-0.15, -0.1) is 5.10 Å². The van der Waals surface area contributed by atoms with E-state index < -0.39 is 0 Å². The van der Waals surface area contributed by atoms with E-state index in [1.165, 1.54) is 17.5 Å². The van der Waals surface area contributed by atoms with Gasteiger partial charge in [-0.25, -0.2) is 4.98 Å². The molecule has 6 heteroatoms. The molecule has 1 saturated heterocycles. The molecule has 2 aromatic rings. The van der Waals surface area contributed by atoms with Crippen LogP contribution >= 0.6 is 0 Å². The third-order valence-corrected chi connectivity index (χ3v) is 4.94. The Morgan fingerprint density at radius 1 is 1.24 bits per heavy atom. The lowest BCUT2D eigenvalue weighted by Crippen LogP contribution is -2.25. The Kier molecular flexibility index (Phi) is 5.18. The fraction of sp³-hybridized carbons (Fsp3) is 0.526. The van der Waals surface area contributed by atoms with Gasteiger partial charge in [0.1, 0.15) is 0 Å². The van der Waals surface area contributed by atoms with Crippen LogP contribution in [0.25, 0.3) is 0 Å². The van der Waals surface area contributed by atoms with E-state index in [4.69, 9.17) is 4.74 Å². The molecule has 2 aromatic heterocycles. The summed E-state index contributed by atoms with van der Waals surface area (Å²) in [5.41, 5.74) is 4.60. The van der Waals surface area contributed by atoms with Gasteiger partial charge in [-0.3, -0.25) is 4.90 Å². The number of aryl methyl sites for hydroxylation is 2. The third kappa shape index (κ3) is 3.74. The fourth-order valence-corrected chi connectivity index (χ4v) is 3.47. The Bertz CT molecular complexity index is 706. The molecule has 6 nitrogen and oxygen atoms in total. The molecule has 0 radical (unpaired) electrons. The zero-order chi connectivity index (χ0) is 18.0. The van der Waals surface area contributed by atoms with Crippen LogP contribution in [0, 0.1) is 13.8 Å². The van der Waals surface area contributed by atoms with Gasteiger partial charge in [0.15, 0.2) is 5.82 Å². The van der Waals surface area contributed by atoms with Crippen molar-refractivity contribution in [3.63, 3.8) is 0 Å². The molecule has 0 aliphatic carbocycles. The largest absolute Gasteiger partial charge is 0.481 e. The summed E-state index contributed by atoms with van der Waals surface area (Å²) >= 11 is 0. The normalized spacial score (nSPS) is 17.7. The van der Waals surface area contributed by atoms with Crippen LogP contribution in [0.2, 0.25) is 0 Å². The van der Waals surface area contributed by atoms with Gasteiger partial charge in [-0.05, 0) is 56.5 Å². The second-order valence-electron chi connectivity index (χ2n) is 6.88. The van der Waals surface area contributed by atoms with Crippen molar-refractivity contribution >= 4 is 5.82 Å². The number of pyridine rings is 1. The molecule has 3 heterocycles. The molecule has 1 atom stereocenters. The summed E-state index contributed by atoms with van der Waals surface area (Å²) in [6.07, 6.45) is 2.31. The topological polar surface area (TPSA) is 54.4 Å². The van der Waals surface area contributed by atoms with Crippen molar-refractivity contribution in [1.82, 2.24) is 20.1 Å². The Hall–Kier alpha value is -2.21. The summed E-state index contributed by atoms with van der Waals surface area (Å²) in [6.45, 7) is 6.15. The number of hydrogen-bond donors (Lipinski definition) is 0. The van der Waals surface area contributed by atoms with Crippen LogP contribution < -0.4 is 9.64 Å². The van der Waals surface area contributed by atoms with Gasteiger partial charge >= 0.3 is 0 Å². The van der Waals surface area contributed by atoms with Crippen molar-refractivity contribution in [2.45, 2.75) is 39.3 Å². The fourth-order valence-electron chi connectivity index (χ4n) is 3.47. The Morgan fingerprint density at radius 3 is 2.64 bits per heavy atom. The molecule has 0 N–H and O–H groups in total. The summed E-state index contributed by atoms with van der Waals surface area (Å²) in [6, 6.07) is 6.49. The number of ether oxygens (including phenoxy) is 1. The lowest BCUT2D eigenvalue weighted by atomic mass is 10.1. The first-order valence-corrected chi connectivity index (χ1v) is 8.75. The molecule has 3 rings (SSSR count).